The molecule has 23 nitrogen and oxygen atoms in total. The Kier molecular flexibility index (Phi) is 45.8. The van der Waals surface area contributed by atoms with Crippen LogP contribution in [-0.4, -0.2) is 225 Å². The summed E-state index contributed by atoms with van der Waals surface area (Å²) in [6.45, 7) is 28.9. The first-order chi connectivity index (χ1) is 71.2. The first-order valence-corrected chi connectivity index (χ1v) is 52.1. The summed E-state index contributed by atoms with van der Waals surface area (Å²) < 4.78 is 72.1. The fraction of sp³-hybridized carbons (Fsp3) is 0.407. The van der Waals surface area contributed by atoms with Crippen molar-refractivity contribution in [1.29, 1.82) is 0 Å². The first kappa shape index (κ1) is 111. The normalized spacial score (nSPS) is 15.3. The van der Waals surface area contributed by atoms with Crippen molar-refractivity contribution in [3.63, 3.8) is 0 Å². The standard InChI is InChI=1S/C42H40N2O6.C26H38N2O3.C21H21NO3.C19H30N2O2.C15H30N2/c1-45-37-17-5-31(6-18-37)43(32-7-19-38(46-2)20-8-32)35-13-25-41(26-14-35)49-29-30-50-42-27-15-36(16-28-42)44(33-9-21-39(47-3)22-10-33)34-11-23-40(48-4)24-12-34;1-21-7-9-25(10-8-21)30-17-5-15-27-19-23(3)28(20-22(27)2)16-6-18-31-26-13-11-24(29-4)12-14-26;1-23-19-10-4-16(5-11-19)22(17-6-12-20(24-2)13-7-17)18-8-14-21(25-3)15-9-18;1-15-8-9-18(16(2)14-15)23-17(3)19(22)20-10-7-13-21-11-5-4-6-12-21;1-16-10-6-14(7-11-16)4-3-5-15-8-12-17(2)13-9-15/h5-28H,29-30H2,1-4H3;7-14,22-23H,5-6,15-20H2,1-4H3;4-15H,1-3H3;8-9,14,17H,4-7,10-13H2,1-3H3,(H,20,22);14-15H,3-13H2,1-2H3. The average Bonchev–Trinajstić information content (AvgIpc) is 0.796. The number of piperidine rings is 3. The minimum Gasteiger partial charge on any atom is -0.497 e. The van der Waals surface area contributed by atoms with Gasteiger partial charge in [-0.15, -0.1) is 0 Å². The van der Waals surface area contributed by atoms with Crippen LogP contribution < -0.4 is 81.6 Å². The molecule has 0 saturated carbocycles. The van der Waals surface area contributed by atoms with E-state index < -0.39 is 6.10 Å². The summed E-state index contributed by atoms with van der Waals surface area (Å²) in [6.07, 6.45) is 16.9. The Morgan fingerprint density at radius 1 is 0.322 bits per heavy atom. The number of aryl methyl sites for hydroxylation is 3. The molecule has 4 saturated heterocycles. The van der Waals surface area contributed by atoms with Gasteiger partial charge in [-0.3, -0.25) is 14.6 Å². The van der Waals surface area contributed by atoms with Crippen LogP contribution in [0, 0.1) is 32.6 Å². The zero-order valence-electron chi connectivity index (χ0n) is 89.3. The number of methoxy groups -OCH3 is 8. The molecule has 146 heavy (non-hydrogen) atoms. The number of benzene rings is 12. The molecule has 780 valence electrons. The van der Waals surface area contributed by atoms with E-state index in [1.807, 2.05) is 262 Å². The topological polar surface area (TPSA) is 175 Å². The van der Waals surface area contributed by atoms with Gasteiger partial charge in [-0.2, -0.15) is 0 Å². The second-order valence-electron chi connectivity index (χ2n) is 38.2. The molecule has 4 fully saturated rings. The number of piperazine rings is 1. The van der Waals surface area contributed by atoms with Gasteiger partial charge in [-0.05, 0) is 437 Å². The lowest BCUT2D eigenvalue weighted by molar-refractivity contribution is -0.127. The highest BCUT2D eigenvalue weighted by molar-refractivity contribution is 5.82. The van der Waals surface area contributed by atoms with Crippen molar-refractivity contribution in [2.75, 3.05) is 191 Å². The Labute approximate surface area is 870 Å². The van der Waals surface area contributed by atoms with Crippen molar-refractivity contribution in [2.45, 2.75) is 143 Å². The molecular weight excluding hydrogens is 1830 g/mol. The first-order valence-electron chi connectivity index (χ1n) is 52.1. The maximum absolute atomic E-state index is 12.1. The number of rotatable bonds is 43. The van der Waals surface area contributed by atoms with Gasteiger partial charge in [-0.1, -0.05) is 61.1 Å². The highest BCUT2D eigenvalue weighted by atomic mass is 16.5. The predicted octanol–water partition coefficient (Wildman–Crippen LogP) is 25.8. The van der Waals surface area contributed by atoms with Crippen molar-refractivity contribution < 1.29 is 66.4 Å². The number of anilines is 9. The van der Waals surface area contributed by atoms with Crippen LogP contribution in [0.1, 0.15) is 121 Å². The monoisotopic (exact) mass is 1990 g/mol. The summed E-state index contributed by atoms with van der Waals surface area (Å²) in [7, 11) is 17.9. The number of likely N-dealkylation sites (tertiary alicyclic amines) is 3. The van der Waals surface area contributed by atoms with Gasteiger partial charge < -0.3 is 96.3 Å². The van der Waals surface area contributed by atoms with Crippen molar-refractivity contribution in [3.8, 4) is 74.7 Å². The van der Waals surface area contributed by atoms with Crippen molar-refractivity contribution in [2.24, 2.45) is 11.8 Å². The number of carbonyl (C=O) groups is 1. The SMILES string of the molecule is CN1CCC(CCCC2CCN(C)CC2)CC1.COc1ccc(N(c2ccc(OC)cc2)c2ccc(OC)cc2)cc1.COc1ccc(N(c2ccc(OC)cc2)c2ccc(OCCOc3ccc(N(c4ccc(OC)cc4)c4ccc(OC)cc4)cc3)cc2)cc1.COc1ccc(OCCCN2CC(C)N(CCCOc3ccc(C)cc3)CC2C)cc1.Cc1ccc(OC(C)C(=O)NCCCN2CCCCC2)c(C)c1. The van der Waals surface area contributed by atoms with Crippen LogP contribution >= 0.6 is 0 Å². The quantitative estimate of drug-likeness (QED) is 0.0357. The maximum atomic E-state index is 12.1. The minimum absolute atomic E-state index is 0.0383. The van der Waals surface area contributed by atoms with Crippen LogP contribution in [0.4, 0.5) is 51.2 Å². The molecule has 16 rings (SSSR count). The van der Waals surface area contributed by atoms with E-state index in [0.717, 1.165) is 215 Å². The molecule has 0 bridgehead atoms. The van der Waals surface area contributed by atoms with Crippen LogP contribution in [0.15, 0.2) is 285 Å². The smallest absolute Gasteiger partial charge is 0.260 e. The lowest BCUT2D eigenvalue weighted by Crippen LogP contribution is -2.56. The number of nitrogens with one attached hydrogen (secondary N) is 1. The molecule has 1 N–H and O–H groups in total. The lowest BCUT2D eigenvalue weighted by Gasteiger charge is -2.44. The fourth-order valence-corrected chi connectivity index (χ4v) is 18.7. The number of ether oxygens (including phenoxy) is 13. The van der Waals surface area contributed by atoms with Crippen LogP contribution in [0.3, 0.4) is 0 Å². The molecule has 12 aromatic carbocycles. The molecule has 23 heteroatoms. The summed E-state index contributed by atoms with van der Waals surface area (Å²) in [6, 6.07) is 95.1. The second kappa shape index (κ2) is 60.0. The third-order valence-electron chi connectivity index (χ3n) is 27.5. The zero-order chi connectivity index (χ0) is 103. The number of hydrogen-bond acceptors (Lipinski definition) is 22. The Balaban J connectivity index is 0.000000171. The second-order valence-corrected chi connectivity index (χ2v) is 38.2. The molecular formula is C123H159N9O14. The molecule has 3 unspecified atom stereocenters. The van der Waals surface area contributed by atoms with E-state index in [9.17, 15) is 4.79 Å². The van der Waals surface area contributed by atoms with Gasteiger partial charge in [0.05, 0.1) is 70.1 Å². The van der Waals surface area contributed by atoms with Gasteiger partial charge in [0.1, 0.15) is 88.0 Å². The Morgan fingerprint density at radius 2 is 0.589 bits per heavy atom. The van der Waals surface area contributed by atoms with Gasteiger partial charge in [0, 0.05) is 96.0 Å². The van der Waals surface area contributed by atoms with Crippen molar-refractivity contribution in [3.05, 3.63) is 302 Å². The largest absolute Gasteiger partial charge is 0.497 e. The summed E-state index contributed by atoms with van der Waals surface area (Å²) in [5.41, 5.74) is 12.6. The molecule has 4 aliphatic rings. The molecule has 0 aromatic heterocycles. The molecule has 12 aromatic rings. The third kappa shape index (κ3) is 35.8. The Hall–Kier alpha value is -13.3. The van der Waals surface area contributed by atoms with Gasteiger partial charge >= 0.3 is 0 Å². The van der Waals surface area contributed by atoms with Crippen LogP contribution in [-0.2, 0) is 4.79 Å². The van der Waals surface area contributed by atoms with Crippen LogP contribution in [0.5, 0.6) is 74.7 Å². The van der Waals surface area contributed by atoms with E-state index in [4.69, 9.17) is 61.6 Å². The Morgan fingerprint density at radius 3 is 0.884 bits per heavy atom. The molecule has 1 amide bonds. The van der Waals surface area contributed by atoms with E-state index in [1.54, 1.807) is 63.8 Å². The van der Waals surface area contributed by atoms with Gasteiger partial charge in [0.15, 0.2) is 6.10 Å². The molecule has 4 aliphatic heterocycles. The summed E-state index contributed by atoms with van der Waals surface area (Å²) in [5.74, 6) is 12.7. The predicted molar refractivity (Wildman–Crippen MR) is 595 cm³/mol. The average molecular weight is 1990 g/mol. The van der Waals surface area contributed by atoms with Crippen molar-refractivity contribution in [1.82, 2.24) is 29.8 Å². The number of carbonyl (C=O) groups excluding carboxylic acids is 1. The number of amides is 1. The Bertz CT molecular complexity index is 5280. The van der Waals surface area contributed by atoms with E-state index in [-0.39, 0.29) is 5.91 Å². The molecule has 4 heterocycles. The number of nitrogens with zero attached hydrogens (tertiary/aromatic N) is 8. The summed E-state index contributed by atoms with van der Waals surface area (Å²) >= 11 is 0. The lowest BCUT2D eigenvalue weighted by atomic mass is 9.87. The highest BCUT2D eigenvalue weighted by Crippen LogP contribution is 2.42. The highest BCUT2D eigenvalue weighted by Gasteiger charge is 2.30. The van der Waals surface area contributed by atoms with Gasteiger partial charge in [-0.25, -0.2) is 0 Å². The number of hydrogen-bond donors (Lipinski definition) is 1. The minimum atomic E-state index is -0.466. The van der Waals surface area contributed by atoms with E-state index in [0.29, 0.717) is 25.3 Å². The van der Waals surface area contributed by atoms with Crippen LogP contribution in [0.25, 0.3) is 0 Å². The maximum Gasteiger partial charge on any atom is 0.260 e. The summed E-state index contributed by atoms with van der Waals surface area (Å²) in [4.78, 5) is 31.3. The third-order valence-corrected chi connectivity index (χ3v) is 27.5. The molecule has 0 aliphatic carbocycles. The van der Waals surface area contributed by atoms with Gasteiger partial charge in [0.25, 0.3) is 5.91 Å². The van der Waals surface area contributed by atoms with E-state index >= 15 is 0 Å². The van der Waals surface area contributed by atoms with E-state index in [1.165, 1.54) is 115 Å². The van der Waals surface area contributed by atoms with Gasteiger partial charge in [0.2, 0.25) is 0 Å². The molecule has 0 spiro atoms. The fourth-order valence-electron chi connectivity index (χ4n) is 18.7. The van der Waals surface area contributed by atoms with Crippen molar-refractivity contribution >= 4 is 57.1 Å². The zero-order valence-corrected chi connectivity index (χ0v) is 89.3. The molecule has 3 atom stereocenters. The van der Waals surface area contributed by atoms with Crippen LogP contribution in [0.2, 0.25) is 0 Å². The molecule has 0 radical (unpaired) electrons. The summed E-state index contributed by atoms with van der Waals surface area (Å²) in [5, 5.41) is 2.98. The van der Waals surface area contributed by atoms with E-state index in [2.05, 4.69) is 117 Å².